The second-order valence-electron chi connectivity index (χ2n) is 2.41. The second kappa shape index (κ2) is 4.09. The van der Waals surface area contributed by atoms with Gasteiger partial charge in [0.2, 0.25) is 0 Å². The molecule has 1 N–H and O–H groups in total. The van der Waals surface area contributed by atoms with E-state index in [0.717, 1.165) is 11.1 Å². The molecule has 0 saturated heterocycles. The Hall–Kier alpha value is -0.890. The molecule has 1 aromatic carbocycles. The van der Waals surface area contributed by atoms with Crippen molar-refractivity contribution in [2.75, 3.05) is 6.67 Å². The molecule has 0 saturated carbocycles. The zero-order valence-corrected chi connectivity index (χ0v) is 6.26. The lowest BCUT2D eigenvalue weighted by atomic mass is 10.1. The third-order valence-electron chi connectivity index (χ3n) is 1.59. The smallest absolute Gasteiger partial charge is 0.0934 e. The van der Waals surface area contributed by atoms with Crippen LogP contribution in [-0.2, 0) is 13.0 Å². The molecule has 1 nitrogen and oxygen atoms in total. The number of halogens is 1. The van der Waals surface area contributed by atoms with Gasteiger partial charge in [-0.25, -0.2) is 0 Å². The van der Waals surface area contributed by atoms with Crippen LogP contribution in [0.15, 0.2) is 24.3 Å². The molecule has 0 aliphatic rings. The number of benzene rings is 1. The van der Waals surface area contributed by atoms with Crippen LogP contribution in [0.3, 0.4) is 0 Å². The molecule has 0 amide bonds. The van der Waals surface area contributed by atoms with Crippen molar-refractivity contribution in [3.05, 3.63) is 35.4 Å². The zero-order valence-electron chi connectivity index (χ0n) is 6.26. The number of aryl methyl sites for hydroxylation is 1. The van der Waals surface area contributed by atoms with E-state index in [2.05, 4.69) is 0 Å². The van der Waals surface area contributed by atoms with Gasteiger partial charge in [0, 0.05) is 6.42 Å². The van der Waals surface area contributed by atoms with Crippen molar-refractivity contribution in [2.24, 2.45) is 0 Å². The Labute approximate surface area is 65.5 Å². The third-order valence-corrected chi connectivity index (χ3v) is 1.59. The van der Waals surface area contributed by atoms with Gasteiger partial charge in [-0.1, -0.05) is 24.3 Å². The summed E-state index contributed by atoms with van der Waals surface area (Å²) in [6.07, 6.45) is 0.464. The quantitative estimate of drug-likeness (QED) is 0.702. The first-order valence-corrected chi connectivity index (χ1v) is 3.61. The van der Waals surface area contributed by atoms with E-state index in [-0.39, 0.29) is 13.3 Å². The molecule has 0 bridgehead atoms. The van der Waals surface area contributed by atoms with Crippen LogP contribution >= 0.6 is 0 Å². The highest BCUT2D eigenvalue weighted by Gasteiger charge is 1.92. The average Bonchev–Trinajstić information content (AvgIpc) is 2.07. The first-order valence-electron chi connectivity index (χ1n) is 3.61. The Morgan fingerprint density at radius 1 is 1.09 bits per heavy atom. The van der Waals surface area contributed by atoms with E-state index in [1.165, 1.54) is 0 Å². The van der Waals surface area contributed by atoms with E-state index in [4.69, 9.17) is 5.11 Å². The second-order valence-corrected chi connectivity index (χ2v) is 2.41. The molecule has 11 heavy (non-hydrogen) atoms. The molecule has 60 valence electrons. The molecule has 0 aromatic heterocycles. The summed E-state index contributed by atoms with van der Waals surface area (Å²) in [7, 11) is 0. The predicted octanol–water partition coefficient (Wildman–Crippen LogP) is 1.69. The Kier molecular flexibility index (Phi) is 3.05. The minimum atomic E-state index is -0.321. The van der Waals surface area contributed by atoms with Gasteiger partial charge < -0.3 is 5.11 Å². The molecule has 0 aliphatic carbocycles. The highest BCUT2D eigenvalue weighted by atomic mass is 19.1. The van der Waals surface area contributed by atoms with Crippen molar-refractivity contribution in [1.29, 1.82) is 0 Å². The van der Waals surface area contributed by atoms with Crippen LogP contribution in [0.5, 0.6) is 0 Å². The van der Waals surface area contributed by atoms with Crippen LogP contribution in [0.4, 0.5) is 4.39 Å². The van der Waals surface area contributed by atoms with Gasteiger partial charge in [0.15, 0.2) is 0 Å². The summed E-state index contributed by atoms with van der Waals surface area (Å²) >= 11 is 0. The predicted molar refractivity (Wildman–Crippen MR) is 42.0 cm³/mol. The lowest BCUT2D eigenvalue weighted by Gasteiger charge is -1.98. The van der Waals surface area contributed by atoms with Crippen LogP contribution in [0.1, 0.15) is 11.1 Å². The molecule has 0 spiro atoms. The van der Waals surface area contributed by atoms with Crippen molar-refractivity contribution in [2.45, 2.75) is 13.0 Å². The standard InChI is InChI=1S/C9H11FO/c10-6-5-8-1-3-9(7-11)4-2-8/h1-4,11H,5-7H2. The Balaban J connectivity index is 2.66. The number of rotatable bonds is 3. The molecule has 0 aliphatic heterocycles. The number of hydrogen-bond acceptors (Lipinski definition) is 1. The lowest BCUT2D eigenvalue weighted by Crippen LogP contribution is -1.88. The fourth-order valence-electron chi connectivity index (χ4n) is 0.920. The Morgan fingerprint density at radius 3 is 2.09 bits per heavy atom. The summed E-state index contributed by atoms with van der Waals surface area (Å²) < 4.78 is 11.8. The third kappa shape index (κ3) is 2.31. The summed E-state index contributed by atoms with van der Waals surface area (Å²) in [6, 6.07) is 7.30. The Bertz CT molecular complexity index is 205. The summed E-state index contributed by atoms with van der Waals surface area (Å²) in [5, 5.41) is 8.68. The van der Waals surface area contributed by atoms with Crippen molar-refractivity contribution < 1.29 is 9.50 Å². The molecule has 0 radical (unpaired) electrons. The molecule has 0 heterocycles. The monoisotopic (exact) mass is 154 g/mol. The number of alkyl halides is 1. The number of aliphatic hydroxyl groups is 1. The maximum absolute atomic E-state index is 11.8. The maximum atomic E-state index is 11.8. The van der Waals surface area contributed by atoms with E-state index in [1.54, 1.807) is 0 Å². The zero-order chi connectivity index (χ0) is 8.10. The van der Waals surface area contributed by atoms with Crippen molar-refractivity contribution in [3.8, 4) is 0 Å². The van der Waals surface area contributed by atoms with E-state index in [1.807, 2.05) is 24.3 Å². The maximum Gasteiger partial charge on any atom is 0.0934 e. The van der Waals surface area contributed by atoms with E-state index in [9.17, 15) is 4.39 Å². The van der Waals surface area contributed by atoms with E-state index < -0.39 is 0 Å². The van der Waals surface area contributed by atoms with Crippen molar-refractivity contribution >= 4 is 0 Å². The van der Waals surface area contributed by atoms with Crippen molar-refractivity contribution in [1.82, 2.24) is 0 Å². The van der Waals surface area contributed by atoms with Gasteiger partial charge in [0.1, 0.15) is 0 Å². The van der Waals surface area contributed by atoms with Crippen LogP contribution in [-0.4, -0.2) is 11.8 Å². The van der Waals surface area contributed by atoms with Gasteiger partial charge in [0.25, 0.3) is 0 Å². The molecule has 0 unspecified atom stereocenters. The minimum Gasteiger partial charge on any atom is -0.392 e. The van der Waals surface area contributed by atoms with Crippen LogP contribution in [0.25, 0.3) is 0 Å². The van der Waals surface area contributed by atoms with Crippen LogP contribution < -0.4 is 0 Å². The number of aliphatic hydroxyl groups excluding tert-OH is 1. The molecule has 2 heteroatoms. The highest BCUT2D eigenvalue weighted by Crippen LogP contribution is 2.04. The molecule has 0 atom stereocenters. The first-order chi connectivity index (χ1) is 5.36. The molecular weight excluding hydrogens is 143 g/mol. The fourth-order valence-corrected chi connectivity index (χ4v) is 0.920. The van der Waals surface area contributed by atoms with Gasteiger partial charge in [-0.05, 0) is 11.1 Å². The summed E-state index contributed by atoms with van der Waals surface area (Å²) in [5.41, 5.74) is 1.84. The normalized spacial score (nSPS) is 10.0. The van der Waals surface area contributed by atoms with Gasteiger partial charge in [-0.15, -0.1) is 0 Å². The van der Waals surface area contributed by atoms with Crippen molar-refractivity contribution in [3.63, 3.8) is 0 Å². The van der Waals surface area contributed by atoms with Gasteiger partial charge in [0.05, 0.1) is 13.3 Å². The lowest BCUT2D eigenvalue weighted by molar-refractivity contribution is 0.282. The van der Waals surface area contributed by atoms with Gasteiger partial charge >= 0.3 is 0 Å². The molecule has 1 aromatic rings. The Morgan fingerprint density at radius 2 is 1.64 bits per heavy atom. The molecular formula is C9H11FO. The van der Waals surface area contributed by atoms with Crippen LogP contribution in [0.2, 0.25) is 0 Å². The largest absolute Gasteiger partial charge is 0.392 e. The fraction of sp³-hybridized carbons (Fsp3) is 0.333. The number of hydrogen-bond donors (Lipinski definition) is 1. The summed E-state index contributed by atoms with van der Waals surface area (Å²) in [5.74, 6) is 0. The highest BCUT2D eigenvalue weighted by molar-refractivity contribution is 5.21. The summed E-state index contributed by atoms with van der Waals surface area (Å²) in [6.45, 7) is -0.269. The molecule has 0 fully saturated rings. The topological polar surface area (TPSA) is 20.2 Å². The van der Waals surface area contributed by atoms with E-state index in [0.29, 0.717) is 6.42 Å². The first kappa shape index (κ1) is 8.21. The van der Waals surface area contributed by atoms with Gasteiger partial charge in [-0.3, -0.25) is 4.39 Å². The summed E-state index contributed by atoms with van der Waals surface area (Å²) in [4.78, 5) is 0. The average molecular weight is 154 g/mol. The van der Waals surface area contributed by atoms with Crippen LogP contribution in [0, 0.1) is 0 Å². The van der Waals surface area contributed by atoms with E-state index >= 15 is 0 Å². The van der Waals surface area contributed by atoms with Gasteiger partial charge in [-0.2, -0.15) is 0 Å². The SMILES string of the molecule is OCc1ccc(CCF)cc1. The minimum absolute atomic E-state index is 0.0515. The molecule has 1 rings (SSSR count).